The number of fused-ring (bicyclic) bond motifs is 1. The molecule has 11 nitrogen and oxygen atoms in total. The zero-order chi connectivity index (χ0) is 25.8. The van der Waals surface area contributed by atoms with Crippen LogP contribution in [0.25, 0.3) is 11.0 Å². The van der Waals surface area contributed by atoms with E-state index in [1.54, 1.807) is 0 Å². The first-order chi connectivity index (χ1) is 18.0. The van der Waals surface area contributed by atoms with E-state index < -0.39 is 0 Å². The number of ether oxygens (including phenoxy) is 1. The summed E-state index contributed by atoms with van der Waals surface area (Å²) in [4.78, 5) is 40.1. The summed E-state index contributed by atoms with van der Waals surface area (Å²) in [6, 6.07) is 7.65. The number of piperidine rings is 1. The van der Waals surface area contributed by atoms with Crippen molar-refractivity contribution in [2.24, 2.45) is 11.8 Å². The Bertz CT molecular complexity index is 1210. The molecular formula is C26H37Cl2N7O4. The molecule has 1 N–H and O–H groups in total. The van der Waals surface area contributed by atoms with Gasteiger partial charge in [-0.25, -0.2) is 4.98 Å². The lowest BCUT2D eigenvalue weighted by Gasteiger charge is -2.40. The number of imidazole rings is 1. The average Bonchev–Trinajstić information content (AvgIpc) is 3.58. The molecule has 5 rings (SSSR count). The molecule has 4 heterocycles. The summed E-state index contributed by atoms with van der Waals surface area (Å²) in [7, 11) is 0. The number of hydrogen-bond acceptors (Lipinski definition) is 8. The Hall–Kier alpha value is -2.73. The van der Waals surface area contributed by atoms with Crippen LogP contribution in [0.1, 0.15) is 36.7 Å². The van der Waals surface area contributed by atoms with E-state index in [2.05, 4.69) is 29.3 Å². The van der Waals surface area contributed by atoms with Crippen LogP contribution in [-0.2, 0) is 22.5 Å². The summed E-state index contributed by atoms with van der Waals surface area (Å²) in [5.41, 5.74) is 1.66. The third-order valence-electron chi connectivity index (χ3n) is 7.07. The van der Waals surface area contributed by atoms with E-state index in [0.717, 1.165) is 11.0 Å². The standard InChI is InChI=1S/C26H35N7O4.2ClH/c1-18(2)16-33(20-13-19(14-27-15-20)25(34)31-9-11-36-12-10-31)26(35)24-29-21-5-3-4-6-22(21)32(24)8-7-23-28-17-37-30-23;;/h3-6,17-20,27H,7-16H2,1-2H3;2*1H/t19-,20+;;/m1../s1. The maximum absolute atomic E-state index is 14.2. The first-order valence-corrected chi connectivity index (χ1v) is 13.1. The van der Waals surface area contributed by atoms with Crippen molar-refractivity contribution in [3.05, 3.63) is 42.3 Å². The molecule has 0 bridgehead atoms. The summed E-state index contributed by atoms with van der Waals surface area (Å²) >= 11 is 0. The lowest BCUT2D eigenvalue weighted by molar-refractivity contribution is -0.140. The van der Waals surface area contributed by atoms with Crippen LogP contribution in [0.3, 0.4) is 0 Å². The number of aryl methyl sites for hydroxylation is 2. The Balaban J connectivity index is 0.00000210. The molecular weight excluding hydrogens is 545 g/mol. The molecule has 13 heteroatoms. The number of morpholine rings is 1. The van der Waals surface area contributed by atoms with Gasteiger partial charge in [0.25, 0.3) is 5.91 Å². The van der Waals surface area contributed by atoms with E-state index in [4.69, 9.17) is 14.2 Å². The number of halogens is 2. The number of carbonyl (C=O) groups excluding carboxylic acids is 2. The number of rotatable bonds is 8. The maximum Gasteiger partial charge on any atom is 0.290 e. The molecule has 2 aromatic heterocycles. The summed E-state index contributed by atoms with van der Waals surface area (Å²) < 4.78 is 12.2. The molecule has 2 saturated heterocycles. The van der Waals surface area contributed by atoms with Gasteiger partial charge in [-0.2, -0.15) is 4.98 Å². The largest absolute Gasteiger partial charge is 0.378 e. The number of hydrogen-bond donors (Lipinski definition) is 1. The van der Waals surface area contributed by atoms with E-state index in [1.165, 1.54) is 6.39 Å². The minimum absolute atomic E-state index is 0. The second-order valence-corrected chi connectivity index (χ2v) is 10.2. The SMILES string of the molecule is CC(C)CN(C(=O)c1nc2ccccc2n1CCc1ncon1)[C@@H]1CNC[C@H](C(=O)N2CCOCC2)C1.Cl.Cl. The molecule has 0 radical (unpaired) electrons. The van der Waals surface area contributed by atoms with Gasteiger partial charge in [-0.15, -0.1) is 24.8 Å². The van der Waals surface area contributed by atoms with E-state index in [-0.39, 0.29) is 54.5 Å². The van der Waals surface area contributed by atoms with E-state index in [0.29, 0.717) is 77.0 Å². The number of para-hydroxylation sites is 2. The zero-order valence-corrected chi connectivity index (χ0v) is 24.0. The van der Waals surface area contributed by atoms with Crippen LogP contribution in [0.15, 0.2) is 35.2 Å². The monoisotopic (exact) mass is 581 g/mol. The first-order valence-electron chi connectivity index (χ1n) is 13.1. The molecule has 2 atom stereocenters. The molecule has 2 aliphatic heterocycles. The second-order valence-electron chi connectivity index (χ2n) is 10.2. The van der Waals surface area contributed by atoms with Crippen LogP contribution < -0.4 is 5.32 Å². The smallest absolute Gasteiger partial charge is 0.290 e. The van der Waals surface area contributed by atoms with Crippen LogP contribution in [0.4, 0.5) is 0 Å². The fourth-order valence-corrected chi connectivity index (χ4v) is 5.29. The van der Waals surface area contributed by atoms with E-state index >= 15 is 0 Å². The topological polar surface area (TPSA) is 119 Å². The fourth-order valence-electron chi connectivity index (χ4n) is 5.29. The van der Waals surface area contributed by atoms with Crippen molar-refractivity contribution in [1.29, 1.82) is 0 Å². The molecule has 0 saturated carbocycles. The maximum atomic E-state index is 14.2. The number of nitrogens with zero attached hydrogens (tertiary/aromatic N) is 6. The predicted octanol–water partition coefficient (Wildman–Crippen LogP) is 2.44. The van der Waals surface area contributed by atoms with Gasteiger partial charge in [0.05, 0.1) is 30.2 Å². The van der Waals surface area contributed by atoms with Crippen molar-refractivity contribution in [2.45, 2.75) is 39.3 Å². The minimum Gasteiger partial charge on any atom is -0.378 e. The van der Waals surface area contributed by atoms with Gasteiger partial charge in [-0.05, 0) is 24.5 Å². The van der Waals surface area contributed by atoms with Crippen molar-refractivity contribution in [2.75, 3.05) is 45.9 Å². The second kappa shape index (κ2) is 14.1. The van der Waals surface area contributed by atoms with Gasteiger partial charge in [0, 0.05) is 51.7 Å². The molecule has 214 valence electrons. The van der Waals surface area contributed by atoms with Crippen LogP contribution >= 0.6 is 24.8 Å². The summed E-state index contributed by atoms with van der Waals surface area (Å²) in [5.74, 6) is 1.09. The third-order valence-corrected chi connectivity index (χ3v) is 7.07. The highest BCUT2D eigenvalue weighted by Crippen LogP contribution is 2.24. The molecule has 3 aromatic rings. The van der Waals surface area contributed by atoms with Crippen molar-refractivity contribution in [3.63, 3.8) is 0 Å². The summed E-state index contributed by atoms with van der Waals surface area (Å²) in [5, 5.41) is 7.34. The molecule has 2 fully saturated rings. The van der Waals surface area contributed by atoms with Gasteiger partial charge < -0.3 is 28.9 Å². The van der Waals surface area contributed by atoms with Gasteiger partial charge in [-0.3, -0.25) is 9.59 Å². The first kappa shape index (κ1) is 30.8. The molecule has 2 aliphatic rings. The number of aromatic nitrogens is 4. The van der Waals surface area contributed by atoms with Crippen LogP contribution in [0.2, 0.25) is 0 Å². The number of amides is 2. The van der Waals surface area contributed by atoms with Gasteiger partial charge in [0.15, 0.2) is 11.6 Å². The van der Waals surface area contributed by atoms with E-state index in [1.807, 2.05) is 38.6 Å². The summed E-state index contributed by atoms with van der Waals surface area (Å²) in [6.45, 7) is 8.96. The van der Waals surface area contributed by atoms with Gasteiger partial charge in [0.2, 0.25) is 12.3 Å². The quantitative estimate of drug-likeness (QED) is 0.431. The zero-order valence-electron chi connectivity index (χ0n) is 22.3. The Kier molecular flexibility index (Phi) is 11.1. The van der Waals surface area contributed by atoms with Crippen molar-refractivity contribution >= 4 is 47.7 Å². The average molecular weight is 583 g/mol. The van der Waals surface area contributed by atoms with Gasteiger partial charge in [-0.1, -0.05) is 31.1 Å². The van der Waals surface area contributed by atoms with Gasteiger partial charge >= 0.3 is 0 Å². The molecule has 39 heavy (non-hydrogen) atoms. The Morgan fingerprint density at radius 1 is 1.15 bits per heavy atom. The van der Waals surface area contributed by atoms with Crippen molar-refractivity contribution < 1.29 is 18.8 Å². The van der Waals surface area contributed by atoms with E-state index in [9.17, 15) is 9.59 Å². The fraction of sp³-hybridized carbons (Fsp3) is 0.577. The highest BCUT2D eigenvalue weighted by atomic mass is 35.5. The van der Waals surface area contributed by atoms with Crippen molar-refractivity contribution in [3.8, 4) is 0 Å². The van der Waals surface area contributed by atoms with Crippen LogP contribution in [-0.4, -0.2) is 93.3 Å². The lowest BCUT2D eigenvalue weighted by atomic mass is 9.92. The molecule has 1 aromatic carbocycles. The Morgan fingerprint density at radius 3 is 2.64 bits per heavy atom. The Labute approximate surface area is 240 Å². The molecule has 0 unspecified atom stereocenters. The number of benzene rings is 1. The minimum atomic E-state index is -0.170. The Morgan fingerprint density at radius 2 is 1.92 bits per heavy atom. The highest BCUT2D eigenvalue weighted by molar-refractivity contribution is 5.95. The predicted molar refractivity (Wildman–Crippen MR) is 150 cm³/mol. The summed E-state index contributed by atoms with van der Waals surface area (Å²) in [6.07, 6.45) is 2.45. The third kappa shape index (κ3) is 7.08. The molecule has 0 aliphatic carbocycles. The van der Waals surface area contributed by atoms with Crippen molar-refractivity contribution in [1.82, 2.24) is 34.8 Å². The van der Waals surface area contributed by atoms with Crippen LogP contribution in [0, 0.1) is 11.8 Å². The number of nitrogens with one attached hydrogen (secondary N) is 1. The van der Waals surface area contributed by atoms with Gasteiger partial charge in [0.1, 0.15) is 0 Å². The highest BCUT2D eigenvalue weighted by Gasteiger charge is 2.36. The molecule has 2 amide bonds. The number of carbonyl (C=O) groups is 2. The lowest BCUT2D eigenvalue weighted by Crippen LogP contribution is -2.56. The normalized spacial score (nSPS) is 19.4. The molecule has 0 spiro atoms. The van der Waals surface area contributed by atoms with Crippen LogP contribution in [0.5, 0.6) is 0 Å².